The van der Waals surface area contributed by atoms with E-state index in [9.17, 15) is 9.59 Å². The van der Waals surface area contributed by atoms with E-state index in [4.69, 9.17) is 0 Å². The van der Waals surface area contributed by atoms with E-state index in [1.807, 2.05) is 11.8 Å². The largest absolute Gasteiger partial charge is 0.351 e. The Labute approximate surface area is 129 Å². The summed E-state index contributed by atoms with van der Waals surface area (Å²) < 4.78 is 0. The molecule has 6 heteroatoms. The SMILES string of the molecule is CCC(CC)N1CC(C(=O)NCc2cnc(C)s2)CC1=O. The minimum Gasteiger partial charge on any atom is -0.351 e. The van der Waals surface area contributed by atoms with Gasteiger partial charge in [0.05, 0.1) is 17.5 Å². The van der Waals surface area contributed by atoms with Crippen molar-refractivity contribution in [1.82, 2.24) is 15.2 Å². The van der Waals surface area contributed by atoms with Crippen LogP contribution in [0.15, 0.2) is 6.20 Å². The zero-order chi connectivity index (χ0) is 15.4. The van der Waals surface area contributed by atoms with Gasteiger partial charge in [-0.1, -0.05) is 13.8 Å². The molecular formula is C15H23N3O2S. The van der Waals surface area contributed by atoms with Gasteiger partial charge in [0.25, 0.3) is 0 Å². The molecule has 0 spiro atoms. The van der Waals surface area contributed by atoms with E-state index >= 15 is 0 Å². The summed E-state index contributed by atoms with van der Waals surface area (Å²) in [5, 5.41) is 3.92. The van der Waals surface area contributed by atoms with E-state index < -0.39 is 0 Å². The predicted molar refractivity (Wildman–Crippen MR) is 82.9 cm³/mol. The van der Waals surface area contributed by atoms with E-state index in [2.05, 4.69) is 24.1 Å². The highest BCUT2D eigenvalue weighted by atomic mass is 32.1. The number of thiazole rings is 1. The number of amides is 2. The lowest BCUT2D eigenvalue weighted by Crippen LogP contribution is -2.37. The first-order chi connectivity index (χ1) is 10.0. The molecule has 0 radical (unpaired) electrons. The van der Waals surface area contributed by atoms with Crippen molar-refractivity contribution in [1.29, 1.82) is 0 Å². The summed E-state index contributed by atoms with van der Waals surface area (Å²) in [6.45, 7) is 7.17. The van der Waals surface area contributed by atoms with Gasteiger partial charge in [0.1, 0.15) is 0 Å². The molecule has 2 heterocycles. The molecule has 0 saturated carbocycles. The van der Waals surface area contributed by atoms with Crippen LogP contribution in [0.4, 0.5) is 0 Å². The molecule has 5 nitrogen and oxygen atoms in total. The Morgan fingerprint density at radius 2 is 2.24 bits per heavy atom. The molecule has 1 aliphatic heterocycles. The van der Waals surface area contributed by atoms with Crippen molar-refractivity contribution in [2.75, 3.05) is 6.54 Å². The number of aromatic nitrogens is 1. The van der Waals surface area contributed by atoms with Crippen molar-refractivity contribution >= 4 is 23.2 Å². The van der Waals surface area contributed by atoms with Gasteiger partial charge in [-0.05, 0) is 19.8 Å². The minimum absolute atomic E-state index is 0.0251. The number of hydrogen-bond donors (Lipinski definition) is 1. The fourth-order valence-corrected chi connectivity index (χ4v) is 3.53. The molecule has 0 aromatic carbocycles. The van der Waals surface area contributed by atoms with Gasteiger partial charge in [0.15, 0.2) is 0 Å². The van der Waals surface area contributed by atoms with E-state index in [0.717, 1.165) is 22.7 Å². The first-order valence-electron chi connectivity index (χ1n) is 7.53. The summed E-state index contributed by atoms with van der Waals surface area (Å²) in [5.74, 6) is -0.132. The molecular weight excluding hydrogens is 286 g/mol. The van der Waals surface area contributed by atoms with Crippen molar-refractivity contribution in [3.05, 3.63) is 16.1 Å². The zero-order valence-electron chi connectivity index (χ0n) is 12.9. The molecule has 1 aromatic rings. The standard InChI is InChI=1S/C15H23N3O2S/c1-4-12(5-2)18-9-11(6-14(18)19)15(20)17-8-13-7-16-10(3)21-13/h7,11-12H,4-6,8-9H2,1-3H3,(H,17,20). The zero-order valence-corrected chi connectivity index (χ0v) is 13.7. The molecule has 2 rings (SSSR count). The van der Waals surface area contributed by atoms with Crippen molar-refractivity contribution in [3.63, 3.8) is 0 Å². The molecule has 116 valence electrons. The first kappa shape index (κ1) is 15.9. The smallest absolute Gasteiger partial charge is 0.225 e. The molecule has 21 heavy (non-hydrogen) atoms. The highest BCUT2D eigenvalue weighted by molar-refractivity contribution is 7.11. The number of carbonyl (C=O) groups is 2. The average Bonchev–Trinajstić information content (AvgIpc) is 3.05. The summed E-state index contributed by atoms with van der Waals surface area (Å²) in [4.78, 5) is 31.4. The van der Waals surface area contributed by atoms with Crippen molar-refractivity contribution in [2.45, 2.75) is 52.6 Å². The Kier molecular flexibility index (Phi) is 5.33. The van der Waals surface area contributed by atoms with Crippen LogP contribution in [0.5, 0.6) is 0 Å². The summed E-state index contributed by atoms with van der Waals surface area (Å²) in [5.41, 5.74) is 0. The lowest BCUT2D eigenvalue weighted by Gasteiger charge is -2.26. The topological polar surface area (TPSA) is 62.3 Å². The van der Waals surface area contributed by atoms with Gasteiger partial charge >= 0.3 is 0 Å². The van der Waals surface area contributed by atoms with Crippen molar-refractivity contribution < 1.29 is 9.59 Å². The third-order valence-corrected chi connectivity index (χ3v) is 4.93. The van der Waals surface area contributed by atoms with Crippen LogP contribution in [0.1, 0.15) is 43.0 Å². The van der Waals surface area contributed by atoms with Crippen LogP contribution in [-0.2, 0) is 16.1 Å². The van der Waals surface area contributed by atoms with Crippen LogP contribution < -0.4 is 5.32 Å². The Balaban J connectivity index is 1.87. The second-order valence-corrected chi connectivity index (χ2v) is 6.80. The molecule has 1 unspecified atom stereocenters. The van der Waals surface area contributed by atoms with E-state index in [0.29, 0.717) is 19.5 Å². The average molecular weight is 309 g/mol. The molecule has 1 atom stereocenters. The Morgan fingerprint density at radius 1 is 1.52 bits per heavy atom. The fraction of sp³-hybridized carbons (Fsp3) is 0.667. The highest BCUT2D eigenvalue weighted by Gasteiger charge is 2.36. The fourth-order valence-electron chi connectivity index (χ4n) is 2.80. The number of aryl methyl sites for hydroxylation is 1. The summed E-state index contributed by atoms with van der Waals surface area (Å²) in [6.07, 6.45) is 4.01. The lowest BCUT2D eigenvalue weighted by atomic mass is 10.1. The predicted octanol–water partition coefficient (Wildman–Crippen LogP) is 2.10. The van der Waals surface area contributed by atoms with E-state index in [-0.39, 0.29) is 23.8 Å². The molecule has 1 aliphatic rings. The van der Waals surface area contributed by atoms with Gasteiger partial charge in [-0.25, -0.2) is 4.98 Å². The quantitative estimate of drug-likeness (QED) is 0.875. The maximum Gasteiger partial charge on any atom is 0.225 e. The van der Waals surface area contributed by atoms with Crippen molar-refractivity contribution in [2.24, 2.45) is 5.92 Å². The molecule has 1 aromatic heterocycles. The van der Waals surface area contributed by atoms with Crippen LogP contribution in [0.3, 0.4) is 0 Å². The summed E-state index contributed by atoms with van der Waals surface area (Å²) in [7, 11) is 0. The van der Waals surface area contributed by atoms with Gasteiger partial charge < -0.3 is 10.2 Å². The summed E-state index contributed by atoms with van der Waals surface area (Å²) >= 11 is 1.58. The molecule has 1 fully saturated rings. The third-order valence-electron chi connectivity index (χ3n) is 4.02. The van der Waals surface area contributed by atoms with Crippen LogP contribution in [0.25, 0.3) is 0 Å². The number of nitrogens with zero attached hydrogens (tertiary/aromatic N) is 2. The Bertz CT molecular complexity index is 511. The summed E-state index contributed by atoms with van der Waals surface area (Å²) in [6, 6.07) is 0.263. The Hall–Kier alpha value is -1.43. The van der Waals surface area contributed by atoms with E-state index in [1.165, 1.54) is 0 Å². The second kappa shape index (κ2) is 7.02. The molecule has 2 amide bonds. The van der Waals surface area contributed by atoms with Crippen molar-refractivity contribution in [3.8, 4) is 0 Å². The number of hydrogen-bond acceptors (Lipinski definition) is 4. The molecule has 1 N–H and O–H groups in total. The molecule has 1 saturated heterocycles. The number of likely N-dealkylation sites (tertiary alicyclic amines) is 1. The minimum atomic E-state index is -0.216. The van der Waals surface area contributed by atoms with Crippen LogP contribution >= 0.6 is 11.3 Å². The second-order valence-electron chi connectivity index (χ2n) is 5.48. The Morgan fingerprint density at radius 3 is 2.81 bits per heavy atom. The monoisotopic (exact) mass is 309 g/mol. The first-order valence-corrected chi connectivity index (χ1v) is 8.35. The van der Waals surface area contributed by atoms with Gasteiger partial charge in [0.2, 0.25) is 11.8 Å². The van der Waals surface area contributed by atoms with Crippen LogP contribution in [0, 0.1) is 12.8 Å². The normalized spacial score (nSPS) is 18.6. The van der Waals surface area contributed by atoms with Gasteiger partial charge in [-0.2, -0.15) is 0 Å². The van der Waals surface area contributed by atoms with Crippen LogP contribution in [0.2, 0.25) is 0 Å². The maximum absolute atomic E-state index is 12.2. The number of carbonyl (C=O) groups excluding carboxylic acids is 2. The number of rotatable bonds is 6. The maximum atomic E-state index is 12.2. The van der Waals surface area contributed by atoms with Gasteiger partial charge in [-0.3, -0.25) is 9.59 Å². The highest BCUT2D eigenvalue weighted by Crippen LogP contribution is 2.23. The third kappa shape index (κ3) is 3.81. The van der Waals surface area contributed by atoms with Gasteiger partial charge in [0, 0.05) is 30.1 Å². The van der Waals surface area contributed by atoms with Crippen LogP contribution in [-0.4, -0.2) is 34.3 Å². The van der Waals surface area contributed by atoms with Gasteiger partial charge in [-0.15, -0.1) is 11.3 Å². The molecule has 0 bridgehead atoms. The number of nitrogens with one attached hydrogen (secondary N) is 1. The van der Waals surface area contributed by atoms with E-state index in [1.54, 1.807) is 17.5 Å². The molecule has 0 aliphatic carbocycles. The lowest BCUT2D eigenvalue weighted by molar-refractivity contribution is -0.130.